The third-order valence-electron chi connectivity index (χ3n) is 1.79. The van der Waals surface area contributed by atoms with Gasteiger partial charge in [-0.15, -0.1) is 0 Å². The van der Waals surface area contributed by atoms with E-state index in [1.54, 1.807) is 6.92 Å². The van der Waals surface area contributed by atoms with E-state index in [9.17, 15) is 0 Å². The normalized spacial score (nSPS) is 12.9. The first kappa shape index (κ1) is 9.23. The van der Waals surface area contributed by atoms with Crippen molar-refractivity contribution in [2.24, 2.45) is 5.73 Å². The van der Waals surface area contributed by atoms with Crippen LogP contribution in [0.2, 0.25) is 0 Å². The van der Waals surface area contributed by atoms with Crippen LogP contribution >= 0.6 is 0 Å². The van der Waals surface area contributed by atoms with Gasteiger partial charge in [0, 0.05) is 6.54 Å². The molecule has 0 aliphatic carbocycles. The van der Waals surface area contributed by atoms with Crippen LogP contribution in [-0.2, 0) is 13.0 Å². The van der Waals surface area contributed by atoms with E-state index < -0.39 is 0 Å². The lowest BCUT2D eigenvalue weighted by Gasteiger charge is -2.04. The molecule has 1 aromatic carbocycles. The quantitative estimate of drug-likeness (QED) is 0.703. The summed E-state index contributed by atoms with van der Waals surface area (Å²) in [6.07, 6.45) is 0.443. The lowest BCUT2D eigenvalue weighted by atomic mass is 10.1. The lowest BCUT2D eigenvalue weighted by molar-refractivity contribution is 0.195. The van der Waals surface area contributed by atoms with E-state index in [1.807, 2.05) is 24.3 Å². The minimum absolute atomic E-state index is 0.270. The molecule has 12 heavy (non-hydrogen) atoms. The second kappa shape index (κ2) is 4.24. The first-order valence-electron chi connectivity index (χ1n) is 4.18. The Morgan fingerprint density at radius 3 is 2.17 bits per heavy atom. The Morgan fingerprint density at radius 2 is 1.75 bits per heavy atom. The average Bonchev–Trinajstić information content (AvgIpc) is 2.05. The fraction of sp³-hybridized carbons (Fsp3) is 0.400. The third-order valence-corrected chi connectivity index (χ3v) is 1.79. The number of hydrogen-bond acceptors (Lipinski definition) is 2. The summed E-state index contributed by atoms with van der Waals surface area (Å²) in [5.74, 6) is 0. The van der Waals surface area contributed by atoms with E-state index in [4.69, 9.17) is 10.8 Å². The summed E-state index contributed by atoms with van der Waals surface area (Å²) >= 11 is 0. The van der Waals surface area contributed by atoms with E-state index in [1.165, 1.54) is 0 Å². The summed E-state index contributed by atoms with van der Waals surface area (Å²) in [7, 11) is 0. The Morgan fingerprint density at radius 1 is 1.25 bits per heavy atom. The molecule has 0 aliphatic heterocycles. The zero-order valence-electron chi connectivity index (χ0n) is 7.33. The molecule has 0 fully saturated rings. The molecule has 66 valence electrons. The Balaban J connectivity index is 2.65. The summed E-state index contributed by atoms with van der Waals surface area (Å²) in [4.78, 5) is 0. The van der Waals surface area contributed by atoms with Gasteiger partial charge in [-0.05, 0) is 24.5 Å². The van der Waals surface area contributed by atoms with Crippen molar-refractivity contribution >= 4 is 0 Å². The van der Waals surface area contributed by atoms with Crippen LogP contribution in [0, 0.1) is 0 Å². The van der Waals surface area contributed by atoms with Crippen LogP contribution in [0.1, 0.15) is 18.1 Å². The maximum Gasteiger partial charge on any atom is 0.0552 e. The second-order valence-electron chi connectivity index (χ2n) is 3.07. The molecule has 1 atom stereocenters. The van der Waals surface area contributed by atoms with Crippen molar-refractivity contribution < 1.29 is 5.11 Å². The van der Waals surface area contributed by atoms with Crippen LogP contribution in [-0.4, -0.2) is 11.2 Å². The lowest BCUT2D eigenvalue weighted by Crippen LogP contribution is -2.04. The molecule has 1 rings (SSSR count). The topological polar surface area (TPSA) is 46.2 Å². The van der Waals surface area contributed by atoms with Gasteiger partial charge in [0.25, 0.3) is 0 Å². The van der Waals surface area contributed by atoms with E-state index in [0.717, 1.165) is 11.1 Å². The van der Waals surface area contributed by atoms with Crippen molar-refractivity contribution in [2.45, 2.75) is 26.0 Å². The van der Waals surface area contributed by atoms with Crippen LogP contribution in [0.5, 0.6) is 0 Å². The molecule has 3 N–H and O–H groups in total. The summed E-state index contributed by atoms with van der Waals surface area (Å²) in [6, 6.07) is 8.01. The highest BCUT2D eigenvalue weighted by molar-refractivity contribution is 5.22. The molecule has 0 radical (unpaired) electrons. The highest BCUT2D eigenvalue weighted by Crippen LogP contribution is 2.05. The number of hydrogen-bond donors (Lipinski definition) is 2. The molecule has 0 saturated heterocycles. The van der Waals surface area contributed by atoms with Crippen molar-refractivity contribution in [3.63, 3.8) is 0 Å². The van der Waals surface area contributed by atoms with Gasteiger partial charge >= 0.3 is 0 Å². The molecular formula is C10H15NO. The van der Waals surface area contributed by atoms with Gasteiger partial charge in [0.1, 0.15) is 0 Å². The summed E-state index contributed by atoms with van der Waals surface area (Å²) in [6.45, 7) is 2.37. The van der Waals surface area contributed by atoms with Gasteiger partial charge in [0.2, 0.25) is 0 Å². The highest BCUT2D eigenvalue weighted by atomic mass is 16.3. The van der Waals surface area contributed by atoms with Crippen LogP contribution in [0.4, 0.5) is 0 Å². The number of aliphatic hydroxyl groups is 1. The van der Waals surface area contributed by atoms with Crippen molar-refractivity contribution in [3.8, 4) is 0 Å². The molecule has 0 bridgehead atoms. The standard InChI is InChI=1S/C10H15NO/c1-8(12)6-9-2-4-10(7-11)5-3-9/h2-5,8,12H,6-7,11H2,1H3. The highest BCUT2D eigenvalue weighted by Gasteiger charge is 1.97. The van der Waals surface area contributed by atoms with Crippen LogP contribution in [0.3, 0.4) is 0 Å². The summed E-state index contributed by atoms with van der Waals surface area (Å²) in [5.41, 5.74) is 7.74. The van der Waals surface area contributed by atoms with Gasteiger partial charge < -0.3 is 10.8 Å². The number of rotatable bonds is 3. The van der Waals surface area contributed by atoms with Gasteiger partial charge in [-0.2, -0.15) is 0 Å². The molecule has 1 aromatic rings. The molecule has 0 aliphatic rings. The summed E-state index contributed by atoms with van der Waals surface area (Å²) < 4.78 is 0. The van der Waals surface area contributed by atoms with Crippen LogP contribution in [0.15, 0.2) is 24.3 Å². The van der Waals surface area contributed by atoms with Gasteiger partial charge in [0.15, 0.2) is 0 Å². The Hall–Kier alpha value is -0.860. The Bertz CT molecular complexity index is 228. The molecule has 2 heteroatoms. The molecule has 0 heterocycles. The predicted octanol–water partition coefficient (Wildman–Crippen LogP) is 1.07. The van der Waals surface area contributed by atoms with Gasteiger partial charge in [-0.1, -0.05) is 24.3 Å². The molecule has 1 unspecified atom stereocenters. The first-order valence-corrected chi connectivity index (χ1v) is 4.18. The van der Waals surface area contributed by atoms with Gasteiger partial charge in [-0.3, -0.25) is 0 Å². The van der Waals surface area contributed by atoms with E-state index in [-0.39, 0.29) is 6.10 Å². The Kier molecular flexibility index (Phi) is 3.26. The minimum atomic E-state index is -0.270. The van der Waals surface area contributed by atoms with Crippen molar-refractivity contribution in [1.29, 1.82) is 0 Å². The number of nitrogens with two attached hydrogens (primary N) is 1. The third kappa shape index (κ3) is 2.64. The molecular weight excluding hydrogens is 150 g/mol. The van der Waals surface area contributed by atoms with Crippen molar-refractivity contribution in [2.75, 3.05) is 0 Å². The molecule has 0 saturated carbocycles. The van der Waals surface area contributed by atoms with E-state index in [2.05, 4.69) is 0 Å². The first-order chi connectivity index (χ1) is 5.72. The zero-order valence-corrected chi connectivity index (χ0v) is 7.33. The second-order valence-corrected chi connectivity index (χ2v) is 3.07. The predicted molar refractivity (Wildman–Crippen MR) is 49.7 cm³/mol. The Labute approximate surface area is 73.0 Å². The zero-order chi connectivity index (χ0) is 8.97. The molecule has 2 nitrogen and oxygen atoms in total. The van der Waals surface area contributed by atoms with E-state index in [0.29, 0.717) is 13.0 Å². The largest absolute Gasteiger partial charge is 0.393 e. The fourth-order valence-electron chi connectivity index (χ4n) is 1.15. The molecule has 0 spiro atoms. The fourth-order valence-corrected chi connectivity index (χ4v) is 1.15. The van der Waals surface area contributed by atoms with Gasteiger partial charge in [0.05, 0.1) is 6.10 Å². The SMILES string of the molecule is CC(O)Cc1ccc(CN)cc1. The van der Waals surface area contributed by atoms with Crippen molar-refractivity contribution in [3.05, 3.63) is 35.4 Å². The van der Waals surface area contributed by atoms with E-state index >= 15 is 0 Å². The summed E-state index contributed by atoms with van der Waals surface area (Å²) in [5, 5.41) is 9.11. The number of aliphatic hydroxyl groups excluding tert-OH is 1. The van der Waals surface area contributed by atoms with Crippen molar-refractivity contribution in [1.82, 2.24) is 0 Å². The van der Waals surface area contributed by atoms with Crippen LogP contribution < -0.4 is 5.73 Å². The smallest absolute Gasteiger partial charge is 0.0552 e. The molecule has 0 amide bonds. The van der Waals surface area contributed by atoms with Crippen LogP contribution in [0.25, 0.3) is 0 Å². The maximum absolute atomic E-state index is 9.11. The maximum atomic E-state index is 9.11. The number of benzene rings is 1. The average molecular weight is 165 g/mol. The monoisotopic (exact) mass is 165 g/mol. The minimum Gasteiger partial charge on any atom is -0.393 e. The molecule has 0 aromatic heterocycles. The van der Waals surface area contributed by atoms with Gasteiger partial charge in [-0.25, -0.2) is 0 Å².